The molecule has 0 atom stereocenters. The van der Waals surface area contributed by atoms with E-state index in [0.717, 1.165) is 5.56 Å². The van der Waals surface area contributed by atoms with E-state index in [1.807, 2.05) is 24.3 Å². The number of hydrogen-bond donors (Lipinski definition) is 1. The normalized spacial score (nSPS) is 10.8. The van der Waals surface area contributed by atoms with Crippen molar-refractivity contribution in [1.82, 2.24) is 5.43 Å². The monoisotopic (exact) mass is 341 g/mol. The van der Waals surface area contributed by atoms with Crippen LogP contribution in [0.25, 0.3) is 0 Å². The average Bonchev–Trinajstić information content (AvgIpc) is 2.60. The van der Waals surface area contributed by atoms with Crippen molar-refractivity contribution in [2.24, 2.45) is 11.0 Å². The fourth-order valence-electron chi connectivity index (χ4n) is 1.93. The van der Waals surface area contributed by atoms with Crippen LogP contribution in [0.1, 0.15) is 29.8 Å². The first kappa shape index (κ1) is 18.1. The van der Waals surface area contributed by atoms with Gasteiger partial charge in [0.15, 0.2) is 0 Å². The molecule has 0 aliphatic carbocycles. The molecule has 0 fully saturated rings. The summed E-state index contributed by atoms with van der Waals surface area (Å²) >= 11 is 0. The van der Waals surface area contributed by atoms with Gasteiger partial charge in [-0.25, -0.2) is 5.43 Å². The minimum atomic E-state index is -0.520. The number of carbonyl (C=O) groups excluding carboxylic acids is 1. The third-order valence-electron chi connectivity index (χ3n) is 3.20. The molecule has 0 aliphatic rings. The van der Waals surface area contributed by atoms with Crippen LogP contribution in [0.5, 0.6) is 5.75 Å². The molecule has 0 radical (unpaired) electrons. The Kier molecular flexibility index (Phi) is 6.22. The molecule has 1 N–H and O–H groups in total. The summed E-state index contributed by atoms with van der Waals surface area (Å²) < 4.78 is 5.71. The minimum Gasteiger partial charge on any atom is -0.493 e. The molecular weight excluding hydrogens is 322 g/mol. The molecule has 2 rings (SSSR count). The predicted octanol–water partition coefficient (Wildman–Crippen LogP) is 3.39. The lowest BCUT2D eigenvalue weighted by Gasteiger charge is -2.10. The summed E-state index contributed by atoms with van der Waals surface area (Å²) in [5, 5.41) is 14.5. The molecule has 0 saturated carbocycles. The van der Waals surface area contributed by atoms with Crippen LogP contribution >= 0.6 is 0 Å². The smallest absolute Gasteiger partial charge is 0.271 e. The minimum absolute atomic E-state index is 0.0729. The van der Waals surface area contributed by atoms with Crippen LogP contribution in [0, 0.1) is 16.0 Å². The number of non-ortho nitro benzene ring substituents is 1. The fraction of sp³-hybridized carbons (Fsp3) is 0.222. The van der Waals surface area contributed by atoms with Gasteiger partial charge < -0.3 is 4.74 Å². The SMILES string of the molecule is CC(C)COc1ccccc1/C=N\NC(=O)c1ccc([N+](=O)[O-])cc1. The lowest BCUT2D eigenvalue weighted by molar-refractivity contribution is -0.384. The van der Waals surface area contributed by atoms with E-state index >= 15 is 0 Å². The summed E-state index contributed by atoms with van der Waals surface area (Å²) in [7, 11) is 0. The number of carbonyl (C=O) groups is 1. The van der Waals surface area contributed by atoms with E-state index in [-0.39, 0.29) is 11.3 Å². The highest BCUT2D eigenvalue weighted by Crippen LogP contribution is 2.17. The molecule has 7 nitrogen and oxygen atoms in total. The van der Waals surface area contributed by atoms with E-state index in [2.05, 4.69) is 24.4 Å². The Morgan fingerprint density at radius 3 is 2.56 bits per heavy atom. The molecule has 0 saturated heterocycles. The van der Waals surface area contributed by atoms with Gasteiger partial charge in [0, 0.05) is 23.3 Å². The highest BCUT2D eigenvalue weighted by atomic mass is 16.6. The first-order valence-corrected chi connectivity index (χ1v) is 7.77. The van der Waals surface area contributed by atoms with Crippen molar-refractivity contribution in [1.29, 1.82) is 0 Å². The number of rotatable bonds is 7. The predicted molar refractivity (Wildman–Crippen MR) is 94.9 cm³/mol. The molecule has 2 aromatic carbocycles. The first-order chi connectivity index (χ1) is 12.0. The molecule has 0 aromatic heterocycles. The number of nitrogens with one attached hydrogen (secondary N) is 1. The van der Waals surface area contributed by atoms with Gasteiger partial charge in [-0.2, -0.15) is 5.10 Å². The molecule has 7 heteroatoms. The number of nitro groups is 1. The van der Waals surface area contributed by atoms with Crippen molar-refractivity contribution < 1.29 is 14.5 Å². The van der Waals surface area contributed by atoms with Crippen LogP contribution in [-0.4, -0.2) is 23.7 Å². The largest absolute Gasteiger partial charge is 0.493 e. The molecule has 0 bridgehead atoms. The van der Waals surface area contributed by atoms with Crippen molar-refractivity contribution in [2.75, 3.05) is 6.61 Å². The Labute approximate surface area is 145 Å². The Bertz CT molecular complexity index is 770. The zero-order valence-corrected chi connectivity index (χ0v) is 14.0. The Balaban J connectivity index is 2.00. The van der Waals surface area contributed by atoms with Gasteiger partial charge in [-0.15, -0.1) is 0 Å². The molecule has 0 unspecified atom stereocenters. The maximum atomic E-state index is 12.0. The summed E-state index contributed by atoms with van der Waals surface area (Å²) in [4.78, 5) is 22.1. The van der Waals surface area contributed by atoms with E-state index in [0.29, 0.717) is 18.3 Å². The number of nitrogens with zero attached hydrogens (tertiary/aromatic N) is 2. The highest BCUT2D eigenvalue weighted by Gasteiger charge is 2.08. The van der Waals surface area contributed by atoms with Gasteiger partial charge >= 0.3 is 0 Å². The number of para-hydroxylation sites is 1. The van der Waals surface area contributed by atoms with Crippen LogP contribution in [-0.2, 0) is 0 Å². The van der Waals surface area contributed by atoms with Gasteiger partial charge in [-0.1, -0.05) is 26.0 Å². The van der Waals surface area contributed by atoms with E-state index in [9.17, 15) is 14.9 Å². The number of nitro benzene ring substituents is 1. The van der Waals surface area contributed by atoms with E-state index in [1.54, 1.807) is 0 Å². The quantitative estimate of drug-likeness (QED) is 0.474. The van der Waals surface area contributed by atoms with E-state index in [1.165, 1.54) is 30.5 Å². The van der Waals surface area contributed by atoms with Crippen molar-refractivity contribution in [2.45, 2.75) is 13.8 Å². The van der Waals surface area contributed by atoms with Gasteiger partial charge in [0.1, 0.15) is 5.75 Å². The number of benzene rings is 2. The Morgan fingerprint density at radius 2 is 1.92 bits per heavy atom. The van der Waals surface area contributed by atoms with Crippen LogP contribution in [0.2, 0.25) is 0 Å². The molecule has 0 heterocycles. The molecule has 0 aliphatic heterocycles. The number of hydrogen-bond acceptors (Lipinski definition) is 5. The molecular formula is C18H19N3O4. The molecule has 130 valence electrons. The van der Waals surface area contributed by atoms with Crippen molar-refractivity contribution >= 4 is 17.8 Å². The second-order valence-electron chi connectivity index (χ2n) is 5.75. The summed E-state index contributed by atoms with van der Waals surface area (Å²) in [6.07, 6.45) is 1.50. The van der Waals surface area contributed by atoms with Crippen LogP contribution in [0.3, 0.4) is 0 Å². The highest BCUT2D eigenvalue weighted by molar-refractivity contribution is 5.95. The lowest BCUT2D eigenvalue weighted by Crippen LogP contribution is -2.17. The molecule has 2 aromatic rings. The van der Waals surface area contributed by atoms with Crippen LogP contribution < -0.4 is 10.2 Å². The maximum absolute atomic E-state index is 12.0. The van der Waals surface area contributed by atoms with E-state index < -0.39 is 10.8 Å². The second-order valence-corrected chi connectivity index (χ2v) is 5.75. The van der Waals surface area contributed by atoms with Gasteiger partial charge in [0.2, 0.25) is 0 Å². The van der Waals surface area contributed by atoms with Gasteiger partial charge in [-0.3, -0.25) is 14.9 Å². The first-order valence-electron chi connectivity index (χ1n) is 7.77. The fourth-order valence-corrected chi connectivity index (χ4v) is 1.93. The van der Waals surface area contributed by atoms with E-state index in [4.69, 9.17) is 4.74 Å². The summed E-state index contributed by atoms with van der Waals surface area (Å²) in [5.41, 5.74) is 3.35. The maximum Gasteiger partial charge on any atom is 0.271 e. The van der Waals surface area contributed by atoms with Crippen LogP contribution in [0.4, 0.5) is 5.69 Å². The van der Waals surface area contributed by atoms with Crippen LogP contribution in [0.15, 0.2) is 53.6 Å². The second kappa shape index (κ2) is 8.58. The number of hydrazone groups is 1. The standard InChI is InChI=1S/C18H19N3O4/c1-13(2)12-25-17-6-4-3-5-15(17)11-19-20-18(22)14-7-9-16(10-8-14)21(23)24/h3-11,13H,12H2,1-2H3,(H,20,22)/b19-11-. The third kappa shape index (κ3) is 5.42. The summed E-state index contributed by atoms with van der Waals surface area (Å²) in [6, 6.07) is 12.7. The summed E-state index contributed by atoms with van der Waals surface area (Å²) in [6.45, 7) is 4.70. The lowest BCUT2D eigenvalue weighted by atomic mass is 10.2. The van der Waals surface area contributed by atoms with Crippen molar-refractivity contribution in [3.63, 3.8) is 0 Å². The van der Waals surface area contributed by atoms with Crippen molar-refractivity contribution in [3.8, 4) is 5.75 Å². The van der Waals surface area contributed by atoms with Gasteiger partial charge in [-0.05, 0) is 30.2 Å². The van der Waals surface area contributed by atoms with Gasteiger partial charge in [0.25, 0.3) is 11.6 Å². The zero-order chi connectivity index (χ0) is 18.2. The molecule has 0 spiro atoms. The Morgan fingerprint density at radius 1 is 1.24 bits per heavy atom. The molecule has 1 amide bonds. The Hall–Kier alpha value is -3.22. The number of ether oxygens (including phenoxy) is 1. The third-order valence-corrected chi connectivity index (χ3v) is 3.20. The summed E-state index contributed by atoms with van der Waals surface area (Å²) in [5.74, 6) is 0.628. The number of amides is 1. The average molecular weight is 341 g/mol. The molecule has 25 heavy (non-hydrogen) atoms. The topological polar surface area (TPSA) is 93.8 Å². The zero-order valence-electron chi connectivity index (χ0n) is 14.0. The van der Waals surface area contributed by atoms with Crippen molar-refractivity contribution in [3.05, 3.63) is 69.8 Å². The van der Waals surface area contributed by atoms with Gasteiger partial charge in [0.05, 0.1) is 17.7 Å².